The summed E-state index contributed by atoms with van der Waals surface area (Å²) in [6, 6.07) is 0.603. The summed E-state index contributed by atoms with van der Waals surface area (Å²) in [5.74, 6) is 1.13. The van der Waals surface area contributed by atoms with Crippen LogP contribution in [-0.4, -0.2) is 36.5 Å². The summed E-state index contributed by atoms with van der Waals surface area (Å²) >= 11 is 0. The molecule has 0 aromatic carbocycles. The van der Waals surface area contributed by atoms with Gasteiger partial charge in [0.1, 0.15) is 0 Å². The molecule has 0 spiro atoms. The SMILES string of the molecule is CCC1CCCN(C(=O)CCC2CCCN2)C1. The van der Waals surface area contributed by atoms with E-state index >= 15 is 0 Å². The number of hydrogen-bond donors (Lipinski definition) is 1. The number of nitrogens with zero attached hydrogens (tertiary/aromatic N) is 1. The van der Waals surface area contributed by atoms with Gasteiger partial charge < -0.3 is 10.2 Å². The maximum Gasteiger partial charge on any atom is 0.222 e. The highest BCUT2D eigenvalue weighted by atomic mass is 16.2. The molecule has 2 heterocycles. The molecule has 2 rings (SSSR count). The molecule has 0 aromatic heterocycles. The number of nitrogens with one attached hydrogen (secondary N) is 1. The Kier molecular flexibility index (Phi) is 4.84. The molecule has 0 radical (unpaired) electrons. The van der Waals surface area contributed by atoms with Crippen LogP contribution >= 0.6 is 0 Å². The van der Waals surface area contributed by atoms with Crippen LogP contribution in [0.2, 0.25) is 0 Å². The minimum atomic E-state index is 0.386. The highest BCUT2D eigenvalue weighted by Gasteiger charge is 2.23. The monoisotopic (exact) mass is 238 g/mol. The molecule has 2 saturated heterocycles. The van der Waals surface area contributed by atoms with Crippen molar-refractivity contribution in [2.45, 2.75) is 57.9 Å². The van der Waals surface area contributed by atoms with E-state index in [1.807, 2.05) is 0 Å². The van der Waals surface area contributed by atoms with Gasteiger partial charge in [-0.25, -0.2) is 0 Å². The van der Waals surface area contributed by atoms with Crippen LogP contribution < -0.4 is 5.32 Å². The third kappa shape index (κ3) is 3.70. The minimum absolute atomic E-state index is 0.386. The number of piperidine rings is 1. The molecule has 0 aromatic rings. The third-order valence-corrected chi connectivity index (χ3v) is 4.32. The van der Waals surface area contributed by atoms with Crippen LogP contribution in [0.1, 0.15) is 51.9 Å². The minimum Gasteiger partial charge on any atom is -0.342 e. The van der Waals surface area contributed by atoms with Crippen LogP contribution in [0.4, 0.5) is 0 Å². The van der Waals surface area contributed by atoms with Gasteiger partial charge in [0.25, 0.3) is 0 Å². The van der Waals surface area contributed by atoms with E-state index < -0.39 is 0 Å². The Morgan fingerprint density at radius 3 is 2.94 bits per heavy atom. The Labute approximate surface area is 105 Å². The van der Waals surface area contributed by atoms with Crippen molar-refractivity contribution in [3.8, 4) is 0 Å². The molecule has 3 heteroatoms. The normalized spacial score (nSPS) is 29.6. The fourth-order valence-electron chi connectivity index (χ4n) is 3.08. The first-order chi connectivity index (χ1) is 8.29. The van der Waals surface area contributed by atoms with Crippen molar-refractivity contribution in [1.29, 1.82) is 0 Å². The molecular formula is C14H26N2O. The Balaban J connectivity index is 1.71. The second kappa shape index (κ2) is 6.39. The molecule has 2 unspecified atom stereocenters. The largest absolute Gasteiger partial charge is 0.342 e. The smallest absolute Gasteiger partial charge is 0.222 e. The number of hydrogen-bond acceptors (Lipinski definition) is 2. The van der Waals surface area contributed by atoms with Gasteiger partial charge in [-0.3, -0.25) is 4.79 Å². The van der Waals surface area contributed by atoms with Gasteiger partial charge in [0.15, 0.2) is 0 Å². The highest BCUT2D eigenvalue weighted by Crippen LogP contribution is 2.20. The molecule has 0 saturated carbocycles. The molecule has 1 amide bonds. The maximum absolute atomic E-state index is 12.1. The van der Waals surface area contributed by atoms with Gasteiger partial charge in [0.2, 0.25) is 5.91 Å². The predicted octanol–water partition coefficient (Wildman–Crippen LogP) is 2.17. The van der Waals surface area contributed by atoms with Gasteiger partial charge in [-0.2, -0.15) is 0 Å². The summed E-state index contributed by atoms with van der Waals surface area (Å²) in [7, 11) is 0. The Bertz CT molecular complexity index is 249. The Hall–Kier alpha value is -0.570. The summed E-state index contributed by atoms with van der Waals surface area (Å²) in [6.07, 6.45) is 8.04. The van der Waals surface area contributed by atoms with Crippen molar-refractivity contribution in [1.82, 2.24) is 10.2 Å². The maximum atomic E-state index is 12.1. The van der Waals surface area contributed by atoms with Crippen LogP contribution in [0.5, 0.6) is 0 Å². The van der Waals surface area contributed by atoms with E-state index in [4.69, 9.17) is 0 Å². The van der Waals surface area contributed by atoms with Gasteiger partial charge in [0, 0.05) is 25.6 Å². The van der Waals surface area contributed by atoms with Crippen LogP contribution in [0.25, 0.3) is 0 Å². The van der Waals surface area contributed by atoms with Crippen molar-refractivity contribution in [3.63, 3.8) is 0 Å². The second-order valence-electron chi connectivity index (χ2n) is 5.59. The zero-order chi connectivity index (χ0) is 12.1. The average Bonchev–Trinajstić information content (AvgIpc) is 2.89. The summed E-state index contributed by atoms with van der Waals surface area (Å²) in [5.41, 5.74) is 0. The van der Waals surface area contributed by atoms with E-state index in [1.165, 1.54) is 32.1 Å². The van der Waals surface area contributed by atoms with E-state index in [-0.39, 0.29) is 0 Å². The number of likely N-dealkylation sites (tertiary alicyclic amines) is 1. The first kappa shape index (κ1) is 12.9. The van der Waals surface area contributed by atoms with Crippen molar-refractivity contribution >= 4 is 5.91 Å². The average molecular weight is 238 g/mol. The van der Waals surface area contributed by atoms with Crippen molar-refractivity contribution in [2.75, 3.05) is 19.6 Å². The molecule has 2 atom stereocenters. The van der Waals surface area contributed by atoms with Crippen molar-refractivity contribution < 1.29 is 4.79 Å². The van der Waals surface area contributed by atoms with Gasteiger partial charge in [-0.1, -0.05) is 13.3 Å². The van der Waals surface area contributed by atoms with E-state index in [0.29, 0.717) is 11.9 Å². The van der Waals surface area contributed by atoms with E-state index in [2.05, 4.69) is 17.1 Å². The van der Waals surface area contributed by atoms with Gasteiger partial charge >= 0.3 is 0 Å². The lowest BCUT2D eigenvalue weighted by Gasteiger charge is -2.32. The van der Waals surface area contributed by atoms with Crippen LogP contribution in [0.3, 0.4) is 0 Å². The molecule has 3 nitrogen and oxygen atoms in total. The zero-order valence-electron chi connectivity index (χ0n) is 11.1. The van der Waals surface area contributed by atoms with Crippen LogP contribution in [-0.2, 0) is 4.79 Å². The molecule has 2 fully saturated rings. The molecule has 0 bridgehead atoms. The van der Waals surface area contributed by atoms with Gasteiger partial charge in [0.05, 0.1) is 0 Å². The van der Waals surface area contributed by atoms with Crippen LogP contribution in [0, 0.1) is 5.92 Å². The number of amides is 1. The summed E-state index contributed by atoms with van der Waals surface area (Å²) < 4.78 is 0. The molecule has 98 valence electrons. The molecule has 2 aliphatic rings. The van der Waals surface area contributed by atoms with E-state index in [0.717, 1.165) is 38.4 Å². The lowest BCUT2D eigenvalue weighted by Crippen LogP contribution is -2.40. The first-order valence-corrected chi connectivity index (χ1v) is 7.30. The number of carbonyl (C=O) groups is 1. The zero-order valence-corrected chi connectivity index (χ0v) is 11.1. The summed E-state index contributed by atoms with van der Waals surface area (Å²) in [5, 5.41) is 3.46. The van der Waals surface area contributed by atoms with Crippen LogP contribution in [0.15, 0.2) is 0 Å². The molecule has 2 aliphatic heterocycles. The van der Waals surface area contributed by atoms with Gasteiger partial charge in [-0.15, -0.1) is 0 Å². The third-order valence-electron chi connectivity index (χ3n) is 4.32. The predicted molar refractivity (Wildman–Crippen MR) is 69.9 cm³/mol. The Morgan fingerprint density at radius 1 is 1.35 bits per heavy atom. The topological polar surface area (TPSA) is 32.3 Å². The lowest BCUT2D eigenvalue weighted by molar-refractivity contribution is -0.133. The highest BCUT2D eigenvalue weighted by molar-refractivity contribution is 5.76. The fourth-order valence-corrected chi connectivity index (χ4v) is 3.08. The molecule has 0 aliphatic carbocycles. The first-order valence-electron chi connectivity index (χ1n) is 7.30. The van der Waals surface area contributed by atoms with E-state index in [9.17, 15) is 4.79 Å². The second-order valence-corrected chi connectivity index (χ2v) is 5.59. The lowest BCUT2D eigenvalue weighted by atomic mass is 9.95. The Morgan fingerprint density at radius 2 is 2.24 bits per heavy atom. The summed E-state index contributed by atoms with van der Waals surface area (Å²) in [4.78, 5) is 14.2. The fraction of sp³-hybridized carbons (Fsp3) is 0.929. The van der Waals surface area contributed by atoms with Crippen molar-refractivity contribution in [3.05, 3.63) is 0 Å². The molecular weight excluding hydrogens is 212 g/mol. The number of carbonyl (C=O) groups excluding carboxylic acids is 1. The van der Waals surface area contributed by atoms with E-state index in [1.54, 1.807) is 0 Å². The quantitative estimate of drug-likeness (QED) is 0.814. The summed E-state index contributed by atoms with van der Waals surface area (Å²) in [6.45, 7) is 5.38. The number of rotatable bonds is 4. The molecule has 17 heavy (non-hydrogen) atoms. The van der Waals surface area contributed by atoms with Crippen molar-refractivity contribution in [2.24, 2.45) is 5.92 Å². The van der Waals surface area contributed by atoms with Gasteiger partial charge in [-0.05, 0) is 44.6 Å². The molecule has 1 N–H and O–H groups in total. The standard InChI is InChI=1S/C14H26N2O/c1-2-12-5-4-10-16(11-12)14(17)8-7-13-6-3-9-15-13/h12-13,15H,2-11H2,1H3.